The number of aliphatic hydroxyl groups is 1. The van der Waals surface area contributed by atoms with Crippen molar-refractivity contribution in [1.82, 2.24) is 9.80 Å². The van der Waals surface area contributed by atoms with Crippen LogP contribution in [0.4, 0.5) is 5.69 Å². The van der Waals surface area contributed by atoms with Crippen LogP contribution in [0.1, 0.15) is 41.2 Å². The van der Waals surface area contributed by atoms with Crippen LogP contribution in [0.25, 0.3) is 11.1 Å². The maximum Gasteiger partial charge on any atom is 0.253 e. The van der Waals surface area contributed by atoms with E-state index >= 15 is 0 Å². The van der Waals surface area contributed by atoms with E-state index in [1.54, 1.807) is 19.0 Å². The Bertz CT molecular complexity index is 1030. The Balaban J connectivity index is 1.54. The van der Waals surface area contributed by atoms with E-state index < -0.39 is 0 Å². The summed E-state index contributed by atoms with van der Waals surface area (Å²) in [6.07, 6.45) is 2.89. The van der Waals surface area contributed by atoms with Crippen molar-refractivity contribution in [3.63, 3.8) is 0 Å². The second kappa shape index (κ2) is 7.68. The number of aliphatic hydroxyl groups excluding tert-OH is 1. The highest BCUT2D eigenvalue weighted by molar-refractivity contribution is 5.95. The molecule has 0 bridgehead atoms. The van der Waals surface area contributed by atoms with E-state index in [0.29, 0.717) is 5.56 Å². The van der Waals surface area contributed by atoms with Crippen LogP contribution < -0.4 is 5.32 Å². The molecule has 6 nitrogen and oxygen atoms in total. The molecule has 2 heterocycles. The number of carbonyl (C=O) groups is 2. The second-order valence-electron chi connectivity index (χ2n) is 9.22. The third-order valence-corrected chi connectivity index (χ3v) is 6.93. The lowest BCUT2D eigenvalue weighted by Gasteiger charge is -2.39. The van der Waals surface area contributed by atoms with Crippen molar-refractivity contribution in [2.45, 2.75) is 31.3 Å². The molecule has 3 aliphatic rings. The molecule has 1 saturated carbocycles. The second-order valence-corrected chi connectivity index (χ2v) is 9.22. The summed E-state index contributed by atoms with van der Waals surface area (Å²) in [6.45, 7) is 0.807. The molecule has 2 N–H and O–H groups in total. The minimum atomic E-state index is -0.0404. The quantitative estimate of drug-likeness (QED) is 0.799. The summed E-state index contributed by atoms with van der Waals surface area (Å²) in [7, 11) is 3.51. The third-order valence-electron chi connectivity index (χ3n) is 6.93. The standard InChI is InChI=1S/C25H29N3O3/c1-27(2)24(30)18-5-3-4-16(12-18)17-8-9-21-20(13-17)23-19(22(14-29)26-21)10-11-28(23)25(31)15-6-7-15/h3-5,8-9,12-13,15,19,22-23,26,29H,6-7,10-11,14H2,1-2H3/t19-,22-,23-/m1/s1. The zero-order chi connectivity index (χ0) is 21.7. The Labute approximate surface area is 182 Å². The largest absolute Gasteiger partial charge is 0.394 e. The lowest BCUT2D eigenvalue weighted by Crippen LogP contribution is -2.43. The van der Waals surface area contributed by atoms with Gasteiger partial charge in [0.1, 0.15) is 0 Å². The van der Waals surface area contributed by atoms with Crippen LogP contribution in [-0.4, -0.2) is 60.0 Å². The summed E-state index contributed by atoms with van der Waals surface area (Å²) in [6, 6.07) is 13.9. The first-order valence-electron chi connectivity index (χ1n) is 11.1. The summed E-state index contributed by atoms with van der Waals surface area (Å²) < 4.78 is 0. The number of fused-ring (bicyclic) bond motifs is 3. The number of carbonyl (C=O) groups excluding carboxylic acids is 2. The van der Waals surface area contributed by atoms with Gasteiger partial charge in [-0.3, -0.25) is 9.59 Å². The van der Waals surface area contributed by atoms with Gasteiger partial charge < -0.3 is 20.2 Å². The van der Waals surface area contributed by atoms with E-state index in [2.05, 4.69) is 16.3 Å². The molecule has 0 aromatic heterocycles. The fourth-order valence-electron chi connectivity index (χ4n) is 5.14. The maximum absolute atomic E-state index is 13.0. The molecule has 31 heavy (non-hydrogen) atoms. The molecule has 5 rings (SSSR count). The zero-order valence-corrected chi connectivity index (χ0v) is 18.0. The third kappa shape index (κ3) is 3.49. The Morgan fingerprint density at radius 2 is 1.87 bits per heavy atom. The molecule has 0 spiro atoms. The zero-order valence-electron chi connectivity index (χ0n) is 18.0. The van der Waals surface area contributed by atoms with Crippen molar-refractivity contribution < 1.29 is 14.7 Å². The average Bonchev–Trinajstić information content (AvgIpc) is 3.55. The number of likely N-dealkylation sites (tertiary alicyclic amines) is 1. The number of amides is 2. The van der Waals surface area contributed by atoms with Crippen molar-refractivity contribution in [3.8, 4) is 11.1 Å². The van der Waals surface area contributed by atoms with Crippen molar-refractivity contribution in [3.05, 3.63) is 53.6 Å². The van der Waals surface area contributed by atoms with E-state index in [0.717, 1.165) is 48.2 Å². The number of benzene rings is 2. The predicted molar refractivity (Wildman–Crippen MR) is 120 cm³/mol. The number of nitrogens with zero attached hydrogens (tertiary/aromatic N) is 2. The normalized spacial score (nSPS) is 24.2. The highest BCUT2D eigenvalue weighted by Crippen LogP contribution is 2.49. The monoisotopic (exact) mass is 419 g/mol. The van der Waals surface area contributed by atoms with Crippen molar-refractivity contribution in [2.24, 2.45) is 11.8 Å². The topological polar surface area (TPSA) is 72.9 Å². The lowest BCUT2D eigenvalue weighted by molar-refractivity contribution is -0.134. The van der Waals surface area contributed by atoms with Crippen LogP contribution in [-0.2, 0) is 4.79 Å². The summed E-state index contributed by atoms with van der Waals surface area (Å²) in [4.78, 5) is 29.1. The van der Waals surface area contributed by atoms with Gasteiger partial charge in [0, 0.05) is 43.7 Å². The first-order chi connectivity index (χ1) is 15.0. The number of hydrogen-bond acceptors (Lipinski definition) is 4. The molecule has 2 aliphatic heterocycles. The van der Waals surface area contributed by atoms with Crippen LogP contribution in [0.5, 0.6) is 0 Å². The van der Waals surface area contributed by atoms with Crippen LogP contribution in [0.2, 0.25) is 0 Å². The van der Waals surface area contributed by atoms with Crippen LogP contribution >= 0.6 is 0 Å². The van der Waals surface area contributed by atoms with E-state index in [4.69, 9.17) is 0 Å². The Kier molecular flexibility index (Phi) is 4.97. The molecule has 1 aliphatic carbocycles. The van der Waals surface area contributed by atoms with Gasteiger partial charge in [0.25, 0.3) is 5.91 Å². The molecule has 2 fully saturated rings. The van der Waals surface area contributed by atoms with Crippen LogP contribution in [0, 0.1) is 11.8 Å². The SMILES string of the molecule is CN(C)C(=O)c1cccc(-c2ccc3c(c2)[C@H]2[C@H](CCN2C(=O)C2CC2)[C@@H](CO)N3)c1. The molecule has 6 heteroatoms. The van der Waals surface area contributed by atoms with Crippen LogP contribution in [0.3, 0.4) is 0 Å². The molecule has 2 aromatic carbocycles. The van der Waals surface area contributed by atoms with Gasteiger partial charge in [-0.25, -0.2) is 0 Å². The van der Waals surface area contributed by atoms with Gasteiger partial charge in [-0.05, 0) is 60.2 Å². The summed E-state index contributed by atoms with van der Waals surface area (Å²) in [5, 5.41) is 13.5. The van der Waals surface area contributed by atoms with Gasteiger partial charge in [-0.1, -0.05) is 18.2 Å². The van der Waals surface area contributed by atoms with E-state index in [1.807, 2.05) is 36.4 Å². The number of rotatable bonds is 4. The Morgan fingerprint density at radius 3 is 2.58 bits per heavy atom. The summed E-state index contributed by atoms with van der Waals surface area (Å²) in [5.74, 6) is 0.629. The summed E-state index contributed by atoms with van der Waals surface area (Å²) in [5.41, 5.74) is 4.77. The predicted octanol–water partition coefficient (Wildman–Crippen LogP) is 3.14. The Hall–Kier alpha value is -2.86. The molecule has 1 saturated heterocycles. The lowest BCUT2D eigenvalue weighted by atomic mass is 9.82. The molecule has 2 aromatic rings. The highest BCUT2D eigenvalue weighted by atomic mass is 16.3. The van der Waals surface area contributed by atoms with E-state index in [9.17, 15) is 14.7 Å². The van der Waals surface area contributed by atoms with Crippen LogP contribution in [0.15, 0.2) is 42.5 Å². The number of nitrogens with one attached hydrogen (secondary N) is 1. The summed E-state index contributed by atoms with van der Waals surface area (Å²) >= 11 is 0. The molecular formula is C25H29N3O3. The number of hydrogen-bond donors (Lipinski definition) is 2. The van der Waals surface area contributed by atoms with Gasteiger partial charge >= 0.3 is 0 Å². The molecule has 2 amide bonds. The smallest absolute Gasteiger partial charge is 0.253 e. The number of anilines is 1. The molecule has 0 unspecified atom stereocenters. The van der Waals surface area contributed by atoms with Crippen molar-refractivity contribution in [1.29, 1.82) is 0 Å². The molecule has 3 atom stereocenters. The van der Waals surface area contributed by atoms with Gasteiger partial charge in [0.05, 0.1) is 18.7 Å². The van der Waals surface area contributed by atoms with Gasteiger partial charge in [0.2, 0.25) is 5.91 Å². The van der Waals surface area contributed by atoms with E-state index in [1.165, 1.54) is 0 Å². The van der Waals surface area contributed by atoms with Gasteiger partial charge in [0.15, 0.2) is 0 Å². The minimum absolute atomic E-state index is 0.00644. The first-order valence-corrected chi connectivity index (χ1v) is 11.1. The van der Waals surface area contributed by atoms with Crippen molar-refractivity contribution in [2.75, 3.05) is 32.6 Å². The fraction of sp³-hybridized carbons (Fsp3) is 0.440. The average molecular weight is 420 g/mol. The highest BCUT2D eigenvalue weighted by Gasteiger charge is 2.48. The Morgan fingerprint density at radius 1 is 1.10 bits per heavy atom. The van der Waals surface area contributed by atoms with E-state index in [-0.39, 0.29) is 42.3 Å². The van der Waals surface area contributed by atoms with Gasteiger partial charge in [-0.15, -0.1) is 0 Å². The minimum Gasteiger partial charge on any atom is -0.394 e. The molecule has 162 valence electrons. The molecule has 0 radical (unpaired) electrons. The van der Waals surface area contributed by atoms with Gasteiger partial charge in [-0.2, -0.15) is 0 Å². The fourth-order valence-corrected chi connectivity index (χ4v) is 5.14. The first kappa shape index (κ1) is 20.1. The van der Waals surface area contributed by atoms with Crippen molar-refractivity contribution >= 4 is 17.5 Å². The maximum atomic E-state index is 13.0. The molecular weight excluding hydrogens is 390 g/mol.